The van der Waals surface area contributed by atoms with E-state index in [-0.39, 0.29) is 0 Å². The zero-order valence-electron chi connectivity index (χ0n) is 9.93. The minimum Gasteiger partial charge on any atom is -0.240 e. The third-order valence-electron chi connectivity index (χ3n) is 2.65. The first-order valence-corrected chi connectivity index (χ1v) is 5.69. The van der Waals surface area contributed by atoms with Crippen molar-refractivity contribution >= 4 is 0 Å². The Balaban J connectivity index is 2.00. The molecule has 5 nitrogen and oxygen atoms in total. The van der Waals surface area contributed by atoms with Crippen LogP contribution in [0.25, 0.3) is 17.1 Å². The smallest absolute Gasteiger partial charge is 0.162 e. The fourth-order valence-corrected chi connectivity index (χ4v) is 1.75. The molecule has 90 valence electrons. The molecule has 0 radical (unpaired) electrons. The molecule has 0 saturated heterocycles. The Bertz CT molecular complexity index is 740. The zero-order valence-corrected chi connectivity index (χ0v) is 9.93. The zero-order chi connectivity index (χ0) is 13.1. The van der Waals surface area contributed by atoms with E-state index in [9.17, 15) is 0 Å². The van der Waals surface area contributed by atoms with Gasteiger partial charge in [0.15, 0.2) is 5.82 Å². The van der Waals surface area contributed by atoms with Crippen molar-refractivity contribution in [3.63, 3.8) is 0 Å². The molecule has 3 aromatic rings. The predicted octanol–water partition coefficient (Wildman–Crippen LogP) is 2.20. The standard InChI is InChI=1S/C14H9N5/c15-8-11-3-1-4-13(7-11)19-10-12(9-18-19)14-16-5-2-6-17-14/h1-7,9-10H. The number of nitrogens with zero attached hydrogens (tertiary/aromatic N) is 5. The van der Waals surface area contributed by atoms with Gasteiger partial charge in [-0.1, -0.05) is 6.07 Å². The van der Waals surface area contributed by atoms with Gasteiger partial charge in [-0.05, 0) is 24.3 Å². The van der Waals surface area contributed by atoms with Crippen molar-refractivity contribution in [1.29, 1.82) is 5.26 Å². The lowest BCUT2D eigenvalue weighted by molar-refractivity contribution is 0.880. The van der Waals surface area contributed by atoms with Crippen molar-refractivity contribution < 1.29 is 0 Å². The molecule has 0 aliphatic rings. The monoisotopic (exact) mass is 247 g/mol. The summed E-state index contributed by atoms with van der Waals surface area (Å²) in [5.41, 5.74) is 2.27. The van der Waals surface area contributed by atoms with Crippen LogP contribution in [-0.4, -0.2) is 19.7 Å². The third kappa shape index (κ3) is 2.19. The van der Waals surface area contributed by atoms with E-state index >= 15 is 0 Å². The van der Waals surface area contributed by atoms with E-state index in [0.717, 1.165) is 11.3 Å². The first-order valence-electron chi connectivity index (χ1n) is 5.69. The first-order chi connectivity index (χ1) is 9.36. The van der Waals surface area contributed by atoms with E-state index in [2.05, 4.69) is 21.1 Å². The summed E-state index contributed by atoms with van der Waals surface area (Å²) in [4.78, 5) is 8.35. The van der Waals surface area contributed by atoms with Crippen LogP contribution >= 0.6 is 0 Å². The molecule has 1 aromatic carbocycles. The molecule has 0 unspecified atom stereocenters. The summed E-state index contributed by atoms with van der Waals surface area (Å²) in [6.45, 7) is 0. The molecule has 0 aliphatic heterocycles. The van der Waals surface area contributed by atoms with Crippen LogP contribution in [-0.2, 0) is 0 Å². The molecule has 0 N–H and O–H groups in total. The van der Waals surface area contributed by atoms with Gasteiger partial charge in [-0.25, -0.2) is 14.6 Å². The molecule has 3 rings (SSSR count). The second kappa shape index (κ2) is 4.70. The van der Waals surface area contributed by atoms with Crippen molar-refractivity contribution in [3.8, 4) is 23.1 Å². The summed E-state index contributed by atoms with van der Waals surface area (Å²) in [7, 11) is 0. The molecule has 0 atom stereocenters. The van der Waals surface area contributed by atoms with Crippen molar-refractivity contribution in [1.82, 2.24) is 19.7 Å². The van der Waals surface area contributed by atoms with E-state index in [0.29, 0.717) is 11.4 Å². The second-order valence-corrected chi connectivity index (χ2v) is 3.91. The van der Waals surface area contributed by atoms with Gasteiger partial charge in [0.05, 0.1) is 29.1 Å². The summed E-state index contributed by atoms with van der Waals surface area (Å²) in [6, 6.07) is 11.1. The molecule has 2 heterocycles. The minimum absolute atomic E-state index is 0.602. The Kier molecular flexibility index (Phi) is 2.75. The molecule has 5 heteroatoms. The number of hydrogen-bond donors (Lipinski definition) is 0. The SMILES string of the molecule is N#Cc1cccc(-n2cc(-c3ncccn3)cn2)c1. The normalized spacial score (nSPS) is 10.1. The molecule has 0 fully saturated rings. The topological polar surface area (TPSA) is 67.4 Å². The fourth-order valence-electron chi connectivity index (χ4n) is 1.75. The molecular weight excluding hydrogens is 238 g/mol. The Morgan fingerprint density at radius 1 is 1.11 bits per heavy atom. The molecule has 2 aromatic heterocycles. The molecule has 0 bridgehead atoms. The maximum atomic E-state index is 8.89. The number of benzene rings is 1. The lowest BCUT2D eigenvalue weighted by Crippen LogP contribution is -1.94. The Morgan fingerprint density at radius 2 is 1.95 bits per heavy atom. The summed E-state index contributed by atoms with van der Waals surface area (Å²) < 4.78 is 1.70. The van der Waals surface area contributed by atoms with Gasteiger partial charge in [0.2, 0.25) is 0 Å². The average Bonchev–Trinajstić information content (AvgIpc) is 2.98. The van der Waals surface area contributed by atoms with Crippen molar-refractivity contribution in [2.45, 2.75) is 0 Å². The van der Waals surface area contributed by atoms with Crippen molar-refractivity contribution in [3.05, 3.63) is 60.7 Å². The van der Waals surface area contributed by atoms with Crippen LogP contribution in [0.2, 0.25) is 0 Å². The Morgan fingerprint density at radius 3 is 2.74 bits per heavy atom. The lowest BCUT2D eigenvalue weighted by Gasteiger charge is -2.00. The van der Waals surface area contributed by atoms with Gasteiger partial charge in [0.25, 0.3) is 0 Å². The van der Waals surface area contributed by atoms with E-state index < -0.39 is 0 Å². The highest BCUT2D eigenvalue weighted by Gasteiger charge is 2.05. The number of hydrogen-bond acceptors (Lipinski definition) is 4. The van der Waals surface area contributed by atoms with Gasteiger partial charge in [-0.15, -0.1) is 0 Å². The molecule has 19 heavy (non-hydrogen) atoms. The minimum atomic E-state index is 0.602. The summed E-state index contributed by atoms with van der Waals surface area (Å²) in [6.07, 6.45) is 6.92. The maximum Gasteiger partial charge on any atom is 0.162 e. The fraction of sp³-hybridized carbons (Fsp3) is 0. The number of aromatic nitrogens is 4. The molecule has 0 amide bonds. The number of nitriles is 1. The quantitative estimate of drug-likeness (QED) is 0.696. The van der Waals surface area contributed by atoms with Crippen LogP contribution in [0.5, 0.6) is 0 Å². The van der Waals surface area contributed by atoms with Crippen LogP contribution in [0.15, 0.2) is 55.1 Å². The average molecular weight is 247 g/mol. The van der Waals surface area contributed by atoms with Gasteiger partial charge in [-0.2, -0.15) is 10.4 Å². The lowest BCUT2D eigenvalue weighted by atomic mass is 10.2. The summed E-state index contributed by atoms with van der Waals surface area (Å²) >= 11 is 0. The van der Waals surface area contributed by atoms with E-state index in [1.54, 1.807) is 41.5 Å². The van der Waals surface area contributed by atoms with Gasteiger partial charge in [-0.3, -0.25) is 0 Å². The van der Waals surface area contributed by atoms with E-state index in [1.165, 1.54) is 0 Å². The van der Waals surface area contributed by atoms with Gasteiger partial charge >= 0.3 is 0 Å². The molecule has 0 spiro atoms. The highest BCUT2D eigenvalue weighted by atomic mass is 15.3. The first kappa shape index (κ1) is 11.1. The molecule has 0 saturated carbocycles. The highest BCUT2D eigenvalue weighted by Crippen LogP contribution is 2.16. The van der Waals surface area contributed by atoms with E-state index in [4.69, 9.17) is 5.26 Å². The van der Waals surface area contributed by atoms with Gasteiger partial charge in [0, 0.05) is 18.6 Å². The highest BCUT2D eigenvalue weighted by molar-refractivity contribution is 5.53. The number of rotatable bonds is 2. The van der Waals surface area contributed by atoms with Gasteiger partial charge < -0.3 is 0 Å². The second-order valence-electron chi connectivity index (χ2n) is 3.91. The third-order valence-corrected chi connectivity index (χ3v) is 2.65. The van der Waals surface area contributed by atoms with Crippen LogP contribution in [0.1, 0.15) is 5.56 Å². The molecular formula is C14H9N5. The van der Waals surface area contributed by atoms with Crippen LogP contribution < -0.4 is 0 Å². The summed E-state index contributed by atoms with van der Waals surface area (Å²) in [5, 5.41) is 13.2. The largest absolute Gasteiger partial charge is 0.240 e. The van der Waals surface area contributed by atoms with E-state index in [1.807, 2.05) is 18.3 Å². The van der Waals surface area contributed by atoms with Crippen molar-refractivity contribution in [2.75, 3.05) is 0 Å². The van der Waals surface area contributed by atoms with Crippen LogP contribution in [0, 0.1) is 11.3 Å². The maximum absolute atomic E-state index is 8.89. The van der Waals surface area contributed by atoms with Crippen LogP contribution in [0.4, 0.5) is 0 Å². The van der Waals surface area contributed by atoms with Crippen molar-refractivity contribution in [2.24, 2.45) is 0 Å². The molecule has 0 aliphatic carbocycles. The summed E-state index contributed by atoms with van der Waals surface area (Å²) in [5.74, 6) is 0.630. The Hall–Kier alpha value is -3.00. The Labute approximate surface area is 109 Å². The predicted molar refractivity (Wildman–Crippen MR) is 69.3 cm³/mol. The van der Waals surface area contributed by atoms with Crippen LogP contribution in [0.3, 0.4) is 0 Å². The van der Waals surface area contributed by atoms with Gasteiger partial charge in [0.1, 0.15) is 0 Å².